The summed E-state index contributed by atoms with van der Waals surface area (Å²) in [6, 6.07) is 0. The van der Waals surface area contributed by atoms with Gasteiger partial charge >= 0.3 is 0 Å². The maximum absolute atomic E-state index is 11.5. The molecule has 1 aliphatic rings. The minimum atomic E-state index is -3.82. The largest absolute Gasteiger partial charge is 0.378 e. The fourth-order valence-electron chi connectivity index (χ4n) is 2.49. The zero-order chi connectivity index (χ0) is 14.6. The summed E-state index contributed by atoms with van der Waals surface area (Å²) in [5, 5.41) is 12.7. The third kappa shape index (κ3) is 3.77. The van der Waals surface area contributed by atoms with E-state index < -0.39 is 10.0 Å². The molecular weight excluding hydrogens is 280 g/mol. The van der Waals surface area contributed by atoms with Gasteiger partial charge in [0.1, 0.15) is 5.82 Å². The molecule has 2 N–H and O–H groups in total. The summed E-state index contributed by atoms with van der Waals surface area (Å²) in [6.45, 7) is 3.34. The van der Waals surface area contributed by atoms with Crippen molar-refractivity contribution in [2.75, 3.05) is 6.61 Å². The Morgan fingerprint density at radius 1 is 1.40 bits per heavy atom. The first kappa shape index (κ1) is 15.4. The fourth-order valence-corrected chi connectivity index (χ4v) is 3.15. The van der Waals surface area contributed by atoms with E-state index >= 15 is 0 Å². The lowest BCUT2D eigenvalue weighted by atomic mass is 10.0. The molecule has 0 spiro atoms. The number of ether oxygens (including phenoxy) is 1. The molecule has 1 aliphatic heterocycles. The second kappa shape index (κ2) is 6.64. The predicted molar refractivity (Wildman–Crippen MR) is 73.6 cm³/mol. The Kier molecular flexibility index (Phi) is 5.11. The Bertz CT molecular complexity index is 535. The van der Waals surface area contributed by atoms with Gasteiger partial charge in [-0.15, -0.1) is 10.2 Å². The van der Waals surface area contributed by atoms with Crippen molar-refractivity contribution >= 4 is 10.0 Å². The summed E-state index contributed by atoms with van der Waals surface area (Å²) in [4.78, 5) is 0. The first-order chi connectivity index (χ1) is 9.52. The van der Waals surface area contributed by atoms with Gasteiger partial charge < -0.3 is 9.30 Å². The van der Waals surface area contributed by atoms with Gasteiger partial charge in [0.15, 0.2) is 0 Å². The van der Waals surface area contributed by atoms with Gasteiger partial charge in [0.05, 0.1) is 6.10 Å². The van der Waals surface area contributed by atoms with E-state index in [0.717, 1.165) is 32.3 Å². The molecule has 20 heavy (non-hydrogen) atoms. The van der Waals surface area contributed by atoms with Crippen LogP contribution in [0.15, 0.2) is 5.16 Å². The SMILES string of the molecule is CCCn1c(CCC2CCCCO2)nnc1S(N)(=O)=O. The van der Waals surface area contributed by atoms with Gasteiger partial charge in [-0.25, -0.2) is 13.6 Å². The van der Waals surface area contributed by atoms with E-state index in [1.807, 2.05) is 6.92 Å². The van der Waals surface area contributed by atoms with E-state index in [0.29, 0.717) is 18.8 Å². The zero-order valence-electron chi connectivity index (χ0n) is 11.8. The molecule has 2 rings (SSSR count). The van der Waals surface area contributed by atoms with Crippen molar-refractivity contribution in [2.45, 2.75) is 63.3 Å². The Morgan fingerprint density at radius 3 is 2.80 bits per heavy atom. The Hall–Kier alpha value is -0.990. The van der Waals surface area contributed by atoms with Crippen LogP contribution in [-0.4, -0.2) is 35.9 Å². The number of primary sulfonamides is 1. The van der Waals surface area contributed by atoms with Gasteiger partial charge in [0.25, 0.3) is 15.2 Å². The normalized spacial score (nSPS) is 20.2. The average Bonchev–Trinajstić information content (AvgIpc) is 2.81. The highest BCUT2D eigenvalue weighted by atomic mass is 32.2. The van der Waals surface area contributed by atoms with E-state index in [4.69, 9.17) is 9.88 Å². The van der Waals surface area contributed by atoms with Gasteiger partial charge in [-0.05, 0) is 32.1 Å². The molecule has 1 saturated heterocycles. The minimum absolute atomic E-state index is 0.140. The number of aryl methyl sites for hydroxylation is 1. The number of aromatic nitrogens is 3. The highest BCUT2D eigenvalue weighted by Gasteiger charge is 2.22. The molecule has 0 aromatic carbocycles. The molecule has 2 heterocycles. The van der Waals surface area contributed by atoms with Crippen LogP contribution in [0, 0.1) is 0 Å². The maximum atomic E-state index is 11.5. The molecule has 8 heteroatoms. The Balaban J connectivity index is 2.08. The van der Waals surface area contributed by atoms with Crippen molar-refractivity contribution in [1.29, 1.82) is 0 Å². The molecule has 0 saturated carbocycles. The van der Waals surface area contributed by atoms with Crippen LogP contribution in [0.3, 0.4) is 0 Å². The third-order valence-corrected chi connectivity index (χ3v) is 4.27. The molecule has 1 aromatic heterocycles. The number of nitrogens with two attached hydrogens (primary N) is 1. The van der Waals surface area contributed by atoms with E-state index in [1.54, 1.807) is 4.57 Å². The predicted octanol–water partition coefficient (Wildman–Crippen LogP) is 0.837. The Labute approximate surface area is 119 Å². The second-order valence-corrected chi connectivity index (χ2v) is 6.58. The van der Waals surface area contributed by atoms with E-state index in [2.05, 4.69) is 10.2 Å². The molecule has 114 valence electrons. The van der Waals surface area contributed by atoms with E-state index in [1.165, 1.54) is 6.42 Å². The summed E-state index contributed by atoms with van der Waals surface area (Å²) < 4.78 is 30.2. The summed E-state index contributed by atoms with van der Waals surface area (Å²) in [7, 11) is -3.82. The number of hydrogen-bond acceptors (Lipinski definition) is 5. The number of nitrogens with zero attached hydrogens (tertiary/aromatic N) is 3. The molecular formula is C12H22N4O3S. The number of hydrogen-bond donors (Lipinski definition) is 1. The van der Waals surface area contributed by atoms with Gasteiger partial charge in [-0.1, -0.05) is 6.92 Å². The van der Waals surface area contributed by atoms with Gasteiger partial charge in [0.2, 0.25) is 0 Å². The van der Waals surface area contributed by atoms with Gasteiger partial charge in [-0.3, -0.25) is 0 Å². The second-order valence-electron chi connectivity index (χ2n) is 5.12. The van der Waals surface area contributed by atoms with Crippen LogP contribution in [-0.2, 0) is 27.7 Å². The zero-order valence-corrected chi connectivity index (χ0v) is 12.6. The van der Waals surface area contributed by atoms with Gasteiger partial charge in [0, 0.05) is 19.6 Å². The van der Waals surface area contributed by atoms with Crippen LogP contribution in [0.5, 0.6) is 0 Å². The van der Waals surface area contributed by atoms with Gasteiger partial charge in [-0.2, -0.15) is 0 Å². The standard InChI is InChI=1S/C12H22N4O3S/c1-2-8-16-11(14-15-12(16)20(13,17)18)7-6-10-5-3-4-9-19-10/h10H,2-9H2,1H3,(H2,13,17,18). The quantitative estimate of drug-likeness (QED) is 0.839. The molecule has 0 bridgehead atoms. The molecule has 0 radical (unpaired) electrons. The first-order valence-corrected chi connectivity index (χ1v) is 8.63. The number of rotatable bonds is 6. The lowest BCUT2D eigenvalue weighted by Gasteiger charge is -2.22. The van der Waals surface area contributed by atoms with Crippen molar-refractivity contribution in [3.63, 3.8) is 0 Å². The highest BCUT2D eigenvalue weighted by Crippen LogP contribution is 2.18. The van der Waals surface area contributed by atoms with Crippen molar-refractivity contribution in [3.05, 3.63) is 5.82 Å². The van der Waals surface area contributed by atoms with E-state index in [9.17, 15) is 8.42 Å². The maximum Gasteiger partial charge on any atom is 0.273 e. The topological polar surface area (TPSA) is 100 Å². The molecule has 1 fully saturated rings. The third-order valence-electron chi connectivity index (χ3n) is 3.46. The fraction of sp³-hybridized carbons (Fsp3) is 0.833. The van der Waals surface area contributed by atoms with Crippen LogP contribution in [0.2, 0.25) is 0 Å². The highest BCUT2D eigenvalue weighted by molar-refractivity contribution is 7.89. The van der Waals surface area contributed by atoms with Crippen LogP contribution >= 0.6 is 0 Å². The van der Waals surface area contributed by atoms with Crippen LogP contribution in [0.25, 0.3) is 0 Å². The van der Waals surface area contributed by atoms with Crippen LogP contribution in [0.1, 0.15) is 44.9 Å². The molecule has 1 unspecified atom stereocenters. The smallest absolute Gasteiger partial charge is 0.273 e. The van der Waals surface area contributed by atoms with Crippen molar-refractivity contribution < 1.29 is 13.2 Å². The van der Waals surface area contributed by atoms with Crippen LogP contribution < -0.4 is 5.14 Å². The number of sulfonamides is 1. The minimum Gasteiger partial charge on any atom is -0.378 e. The molecule has 0 aliphatic carbocycles. The lowest BCUT2D eigenvalue weighted by Crippen LogP contribution is -2.22. The molecule has 1 aromatic rings. The molecule has 0 amide bonds. The van der Waals surface area contributed by atoms with Crippen molar-refractivity contribution in [2.24, 2.45) is 5.14 Å². The average molecular weight is 302 g/mol. The monoisotopic (exact) mass is 302 g/mol. The first-order valence-electron chi connectivity index (χ1n) is 7.09. The molecule has 7 nitrogen and oxygen atoms in total. The Morgan fingerprint density at radius 2 is 2.20 bits per heavy atom. The van der Waals surface area contributed by atoms with Crippen LogP contribution in [0.4, 0.5) is 0 Å². The van der Waals surface area contributed by atoms with Crippen molar-refractivity contribution in [3.8, 4) is 0 Å². The van der Waals surface area contributed by atoms with E-state index in [-0.39, 0.29) is 11.3 Å². The summed E-state index contributed by atoms with van der Waals surface area (Å²) >= 11 is 0. The molecule has 1 atom stereocenters. The summed E-state index contributed by atoms with van der Waals surface area (Å²) in [5.74, 6) is 0.671. The summed E-state index contributed by atoms with van der Waals surface area (Å²) in [6.07, 6.45) is 5.91. The summed E-state index contributed by atoms with van der Waals surface area (Å²) in [5.41, 5.74) is 0. The van der Waals surface area contributed by atoms with Crippen molar-refractivity contribution in [1.82, 2.24) is 14.8 Å². The lowest BCUT2D eigenvalue weighted by molar-refractivity contribution is 0.0111.